The number of amides is 2. The molecule has 3 rings (SSSR count). The van der Waals surface area contributed by atoms with Gasteiger partial charge in [-0.2, -0.15) is 0 Å². The predicted molar refractivity (Wildman–Crippen MR) is 132 cm³/mol. The molecule has 2 fully saturated rings. The van der Waals surface area contributed by atoms with Crippen molar-refractivity contribution in [3.05, 3.63) is 23.9 Å². The molecule has 3 heterocycles. The van der Waals surface area contributed by atoms with Crippen LogP contribution >= 0.6 is 0 Å². The summed E-state index contributed by atoms with van der Waals surface area (Å²) in [7, 11) is -1.48. The number of ether oxygens (including phenoxy) is 1. The van der Waals surface area contributed by atoms with E-state index in [1.54, 1.807) is 4.90 Å². The van der Waals surface area contributed by atoms with Crippen molar-refractivity contribution in [2.24, 2.45) is 23.2 Å². The molecule has 0 aromatic carbocycles. The standard InChI is InChI=1S/C25H40N2O6Si/c1-9-14-32-23(31)26-12-10-16(11-13-26)17-15(2)19-18(21(28)27(19)20(17)22(29)30)25(6,24(3,4)5)33-34(7)8/h9,15-16,18-19,34H,1,10-14H2,2-8H3,(H,29,30)/t15?,18-,19-,25-/m1/s1. The quantitative estimate of drug-likeness (QED) is 0.331. The fourth-order valence-electron chi connectivity index (χ4n) is 5.97. The average Bonchev–Trinajstić information content (AvgIpc) is 2.99. The maximum absolute atomic E-state index is 13.5. The van der Waals surface area contributed by atoms with Gasteiger partial charge in [0.15, 0.2) is 9.04 Å². The number of fused-ring (bicyclic) bond motifs is 1. The first-order chi connectivity index (χ1) is 15.8. The highest BCUT2D eigenvalue weighted by Crippen LogP contribution is 2.56. The molecule has 1 unspecified atom stereocenters. The third-order valence-electron chi connectivity index (χ3n) is 7.94. The van der Waals surface area contributed by atoms with Gasteiger partial charge in [0.1, 0.15) is 12.3 Å². The monoisotopic (exact) mass is 492 g/mol. The molecule has 4 atom stereocenters. The number of carboxylic acids is 1. The number of hydrogen-bond acceptors (Lipinski definition) is 5. The zero-order valence-corrected chi connectivity index (χ0v) is 22.7. The van der Waals surface area contributed by atoms with Gasteiger partial charge < -0.3 is 24.1 Å². The second-order valence-electron chi connectivity index (χ2n) is 11.2. The van der Waals surface area contributed by atoms with Crippen LogP contribution in [0.5, 0.6) is 0 Å². The van der Waals surface area contributed by atoms with E-state index in [4.69, 9.17) is 9.16 Å². The van der Waals surface area contributed by atoms with Crippen molar-refractivity contribution in [2.45, 2.75) is 72.2 Å². The highest BCUT2D eigenvalue weighted by atomic mass is 28.3. The highest BCUT2D eigenvalue weighted by Gasteiger charge is 2.67. The zero-order valence-electron chi connectivity index (χ0n) is 21.6. The molecule has 34 heavy (non-hydrogen) atoms. The molecule has 2 amide bonds. The summed E-state index contributed by atoms with van der Waals surface area (Å²) < 4.78 is 11.7. The van der Waals surface area contributed by atoms with Crippen molar-refractivity contribution >= 4 is 27.0 Å². The Bertz CT molecular complexity index is 886. The normalized spacial score (nSPS) is 27.4. The predicted octanol–water partition coefficient (Wildman–Crippen LogP) is 3.64. The van der Waals surface area contributed by atoms with Crippen LogP contribution in [0.4, 0.5) is 4.79 Å². The lowest BCUT2D eigenvalue weighted by molar-refractivity contribution is -0.183. The van der Waals surface area contributed by atoms with E-state index in [0.717, 1.165) is 5.57 Å². The van der Waals surface area contributed by atoms with Crippen LogP contribution in [0, 0.1) is 23.2 Å². The summed E-state index contributed by atoms with van der Waals surface area (Å²) in [6.07, 6.45) is 2.44. The molecule has 0 aromatic rings. The van der Waals surface area contributed by atoms with E-state index in [2.05, 4.69) is 40.4 Å². The van der Waals surface area contributed by atoms with Crippen LogP contribution in [0.1, 0.15) is 47.5 Å². The van der Waals surface area contributed by atoms with Gasteiger partial charge in [-0.15, -0.1) is 0 Å². The number of hydrogen-bond donors (Lipinski definition) is 1. The lowest BCUT2D eigenvalue weighted by Gasteiger charge is -2.58. The van der Waals surface area contributed by atoms with Crippen LogP contribution in [0.15, 0.2) is 23.9 Å². The van der Waals surface area contributed by atoms with E-state index in [1.807, 2.05) is 13.8 Å². The number of β-lactam (4-membered cyclic amide) rings is 1. The second-order valence-corrected chi connectivity index (χ2v) is 13.6. The molecule has 0 radical (unpaired) electrons. The minimum absolute atomic E-state index is 0.00453. The summed E-state index contributed by atoms with van der Waals surface area (Å²) in [4.78, 5) is 41.3. The number of carboxylic acid groups (broad SMARTS) is 1. The fourth-order valence-corrected chi connectivity index (χ4v) is 7.45. The van der Waals surface area contributed by atoms with Crippen LogP contribution < -0.4 is 0 Å². The number of piperidine rings is 1. The number of carbonyl (C=O) groups excluding carboxylic acids is 2. The third kappa shape index (κ3) is 4.32. The first-order valence-corrected chi connectivity index (χ1v) is 15.0. The minimum atomic E-state index is -1.48. The maximum atomic E-state index is 13.5. The molecule has 2 saturated heterocycles. The largest absolute Gasteiger partial charge is 0.477 e. The Labute approximate surface area is 204 Å². The van der Waals surface area contributed by atoms with Crippen LogP contribution in [0.2, 0.25) is 13.1 Å². The first-order valence-electron chi connectivity index (χ1n) is 12.3. The highest BCUT2D eigenvalue weighted by molar-refractivity contribution is 6.48. The topological polar surface area (TPSA) is 96.4 Å². The van der Waals surface area contributed by atoms with E-state index in [-0.39, 0.29) is 47.6 Å². The Hall–Kier alpha value is -2.13. The number of likely N-dealkylation sites (tertiary alicyclic amines) is 1. The number of rotatable bonds is 7. The van der Waals surface area contributed by atoms with Gasteiger partial charge >= 0.3 is 12.1 Å². The van der Waals surface area contributed by atoms with E-state index in [0.29, 0.717) is 25.9 Å². The van der Waals surface area contributed by atoms with Crippen LogP contribution in [0.3, 0.4) is 0 Å². The number of nitrogens with zero attached hydrogens (tertiary/aromatic N) is 2. The van der Waals surface area contributed by atoms with Gasteiger partial charge in [-0.3, -0.25) is 4.79 Å². The molecule has 0 aromatic heterocycles. The number of carbonyl (C=O) groups is 3. The smallest absolute Gasteiger partial charge is 0.410 e. The van der Waals surface area contributed by atoms with Crippen molar-refractivity contribution in [1.82, 2.24) is 9.80 Å². The molecule has 0 aliphatic carbocycles. The molecule has 8 nitrogen and oxygen atoms in total. The molecule has 9 heteroatoms. The Morgan fingerprint density at radius 3 is 2.26 bits per heavy atom. The van der Waals surface area contributed by atoms with Gasteiger partial charge in [0, 0.05) is 19.0 Å². The lowest BCUT2D eigenvalue weighted by Crippen LogP contribution is -2.71. The Balaban J connectivity index is 1.87. The number of aliphatic carboxylic acids is 1. The van der Waals surface area contributed by atoms with Gasteiger partial charge in [0.25, 0.3) is 0 Å². The van der Waals surface area contributed by atoms with Crippen molar-refractivity contribution in [1.29, 1.82) is 0 Å². The fraction of sp³-hybridized carbons (Fsp3) is 0.720. The SMILES string of the molecule is C=CCOC(=O)N1CCC(C2=C(C(=O)O)N3C(=O)[C@H]([C@@](C)(O[SiH](C)C)C(C)(C)C)[C@H]3C2C)CC1. The summed E-state index contributed by atoms with van der Waals surface area (Å²) in [5.41, 5.74) is 0.00620. The first kappa shape index (κ1) is 26.5. The van der Waals surface area contributed by atoms with Crippen molar-refractivity contribution in [3.63, 3.8) is 0 Å². The summed E-state index contributed by atoms with van der Waals surface area (Å²) in [6.45, 7) is 19.3. The zero-order chi connectivity index (χ0) is 25.6. The summed E-state index contributed by atoms with van der Waals surface area (Å²) in [6, 6.07) is -0.221. The molecular formula is C25H40N2O6Si. The summed E-state index contributed by atoms with van der Waals surface area (Å²) >= 11 is 0. The third-order valence-corrected chi connectivity index (χ3v) is 8.90. The summed E-state index contributed by atoms with van der Waals surface area (Å²) in [5.74, 6) is -1.68. The van der Waals surface area contributed by atoms with Crippen molar-refractivity contribution in [2.75, 3.05) is 19.7 Å². The Morgan fingerprint density at radius 2 is 1.79 bits per heavy atom. The van der Waals surface area contributed by atoms with Crippen molar-refractivity contribution in [3.8, 4) is 0 Å². The van der Waals surface area contributed by atoms with E-state index in [9.17, 15) is 19.5 Å². The second kappa shape index (κ2) is 9.49. The van der Waals surface area contributed by atoms with Gasteiger partial charge in [-0.1, -0.05) is 40.3 Å². The molecule has 0 saturated carbocycles. The van der Waals surface area contributed by atoms with E-state index >= 15 is 0 Å². The van der Waals surface area contributed by atoms with Gasteiger partial charge in [0.05, 0.1) is 17.6 Å². The Kier molecular flexibility index (Phi) is 7.39. The van der Waals surface area contributed by atoms with Gasteiger partial charge in [-0.25, -0.2) is 9.59 Å². The van der Waals surface area contributed by atoms with E-state index < -0.39 is 26.5 Å². The maximum Gasteiger partial charge on any atom is 0.410 e. The van der Waals surface area contributed by atoms with Crippen LogP contribution in [-0.4, -0.2) is 73.3 Å². The molecule has 0 spiro atoms. The average molecular weight is 493 g/mol. The molecule has 3 aliphatic rings. The minimum Gasteiger partial charge on any atom is -0.477 e. The molecular weight excluding hydrogens is 452 g/mol. The lowest BCUT2D eigenvalue weighted by atomic mass is 9.61. The molecule has 1 N–H and O–H groups in total. The van der Waals surface area contributed by atoms with E-state index in [1.165, 1.54) is 11.0 Å². The van der Waals surface area contributed by atoms with Gasteiger partial charge in [-0.05, 0) is 49.8 Å². The Morgan fingerprint density at radius 1 is 1.21 bits per heavy atom. The van der Waals surface area contributed by atoms with Crippen LogP contribution in [-0.2, 0) is 18.8 Å². The van der Waals surface area contributed by atoms with Gasteiger partial charge in [0.2, 0.25) is 5.91 Å². The van der Waals surface area contributed by atoms with Crippen molar-refractivity contribution < 1.29 is 28.7 Å². The molecule has 190 valence electrons. The molecule has 3 aliphatic heterocycles. The summed E-state index contributed by atoms with van der Waals surface area (Å²) in [5, 5.41) is 10.1. The molecule has 0 bridgehead atoms. The van der Waals surface area contributed by atoms with Crippen LogP contribution in [0.25, 0.3) is 0 Å².